The quantitative estimate of drug-likeness (QED) is 0.464. The minimum absolute atomic E-state index is 0.0142. The lowest BCUT2D eigenvalue weighted by molar-refractivity contribution is -0.384. The number of non-ortho nitro benzene ring substituents is 1. The second-order valence-corrected chi connectivity index (χ2v) is 8.50. The highest BCUT2D eigenvalue weighted by atomic mass is 32.2. The molecule has 8 nitrogen and oxygen atoms in total. The van der Waals surface area contributed by atoms with Crippen LogP contribution in [-0.2, 0) is 21.2 Å². The summed E-state index contributed by atoms with van der Waals surface area (Å²) < 4.78 is 33.6. The van der Waals surface area contributed by atoms with Gasteiger partial charge in [-0.3, -0.25) is 10.1 Å². The van der Waals surface area contributed by atoms with Crippen LogP contribution in [0.4, 0.5) is 5.69 Å². The number of rotatable bonds is 6. The Morgan fingerprint density at radius 1 is 1.18 bits per heavy atom. The van der Waals surface area contributed by atoms with Crippen molar-refractivity contribution in [2.45, 2.75) is 36.7 Å². The Morgan fingerprint density at radius 2 is 1.93 bits per heavy atom. The summed E-state index contributed by atoms with van der Waals surface area (Å²) in [7, 11) is -3.95. The molecule has 0 radical (unpaired) electrons. The van der Waals surface area contributed by atoms with Gasteiger partial charge < -0.3 is 4.74 Å². The number of nitro groups is 1. The molecule has 146 valence electrons. The van der Waals surface area contributed by atoms with Gasteiger partial charge in [-0.2, -0.15) is 0 Å². The molecule has 28 heavy (non-hydrogen) atoms. The third-order valence-corrected chi connectivity index (χ3v) is 6.64. The molecule has 1 aliphatic rings. The molecule has 2 heterocycles. The molecule has 1 aromatic heterocycles. The monoisotopic (exact) mass is 401 g/mol. The molecule has 1 unspecified atom stereocenters. The van der Waals surface area contributed by atoms with Crippen LogP contribution in [0.15, 0.2) is 53.4 Å². The van der Waals surface area contributed by atoms with Crippen molar-refractivity contribution in [1.29, 1.82) is 0 Å². The van der Waals surface area contributed by atoms with Crippen LogP contribution in [0.3, 0.4) is 0 Å². The average Bonchev–Trinajstić information content (AvgIpc) is 3.33. The Bertz CT molecular complexity index is 1120. The number of imidazole rings is 1. The third kappa shape index (κ3) is 3.38. The van der Waals surface area contributed by atoms with Crippen LogP contribution >= 0.6 is 0 Å². The smallest absolute Gasteiger partial charge is 0.269 e. The van der Waals surface area contributed by atoms with Gasteiger partial charge in [0.05, 0.1) is 27.0 Å². The molecular formula is C19H19N3O5S. The van der Waals surface area contributed by atoms with E-state index in [2.05, 4.69) is 4.98 Å². The maximum atomic E-state index is 13.3. The first-order valence-electron chi connectivity index (χ1n) is 9.05. The highest BCUT2D eigenvalue weighted by Crippen LogP contribution is 2.26. The van der Waals surface area contributed by atoms with Crippen molar-refractivity contribution in [2.75, 3.05) is 6.61 Å². The summed E-state index contributed by atoms with van der Waals surface area (Å²) in [5, 5.41) is 10.9. The molecule has 0 N–H and O–H groups in total. The van der Waals surface area contributed by atoms with Gasteiger partial charge in [0.15, 0.2) is 0 Å². The molecule has 3 aromatic rings. The van der Waals surface area contributed by atoms with Gasteiger partial charge in [0.25, 0.3) is 15.7 Å². The van der Waals surface area contributed by atoms with Crippen molar-refractivity contribution in [2.24, 2.45) is 0 Å². The molecule has 0 amide bonds. The third-order valence-electron chi connectivity index (χ3n) is 4.88. The molecule has 4 rings (SSSR count). The number of aryl methyl sites for hydroxylation is 1. The Labute approximate surface area is 162 Å². The number of hydrogen-bond acceptors (Lipinski definition) is 6. The second kappa shape index (κ2) is 7.33. The number of nitrogens with zero attached hydrogens (tertiary/aromatic N) is 3. The Balaban J connectivity index is 1.76. The fourth-order valence-electron chi connectivity index (χ4n) is 3.49. The van der Waals surface area contributed by atoms with Crippen LogP contribution in [-0.4, -0.2) is 35.0 Å². The zero-order chi connectivity index (χ0) is 19.7. The van der Waals surface area contributed by atoms with E-state index in [0.29, 0.717) is 29.7 Å². The van der Waals surface area contributed by atoms with Crippen LogP contribution in [0.1, 0.15) is 25.1 Å². The van der Waals surface area contributed by atoms with E-state index >= 15 is 0 Å². The normalized spacial score (nSPS) is 17.2. The topological polar surface area (TPSA) is 104 Å². The van der Waals surface area contributed by atoms with Gasteiger partial charge in [0.1, 0.15) is 5.82 Å². The number of fused-ring (bicyclic) bond motifs is 1. The largest absolute Gasteiger partial charge is 0.378 e. The van der Waals surface area contributed by atoms with Crippen molar-refractivity contribution in [3.63, 3.8) is 0 Å². The highest BCUT2D eigenvalue weighted by molar-refractivity contribution is 7.90. The first kappa shape index (κ1) is 18.6. The lowest BCUT2D eigenvalue weighted by atomic mass is 10.1. The predicted molar refractivity (Wildman–Crippen MR) is 103 cm³/mol. The molecule has 0 spiro atoms. The van der Waals surface area contributed by atoms with Crippen molar-refractivity contribution < 1.29 is 18.1 Å². The summed E-state index contributed by atoms with van der Waals surface area (Å²) in [5.74, 6) is 0.440. The maximum absolute atomic E-state index is 13.3. The molecule has 2 aromatic carbocycles. The molecule has 1 fully saturated rings. The summed E-state index contributed by atoms with van der Waals surface area (Å²) in [5.41, 5.74) is 0.923. The Morgan fingerprint density at radius 3 is 2.61 bits per heavy atom. The van der Waals surface area contributed by atoms with E-state index in [0.717, 1.165) is 19.4 Å². The van der Waals surface area contributed by atoms with Crippen LogP contribution in [0, 0.1) is 10.1 Å². The number of hydrogen-bond donors (Lipinski definition) is 0. The lowest BCUT2D eigenvalue weighted by Gasteiger charge is -2.12. The van der Waals surface area contributed by atoms with E-state index in [-0.39, 0.29) is 16.7 Å². The number of benzene rings is 2. The van der Waals surface area contributed by atoms with E-state index in [1.54, 1.807) is 18.2 Å². The summed E-state index contributed by atoms with van der Waals surface area (Å²) in [6.45, 7) is 0.738. The lowest BCUT2D eigenvalue weighted by Crippen LogP contribution is -2.17. The van der Waals surface area contributed by atoms with Gasteiger partial charge in [-0.15, -0.1) is 0 Å². The van der Waals surface area contributed by atoms with Gasteiger partial charge in [0, 0.05) is 25.2 Å². The maximum Gasteiger partial charge on any atom is 0.269 e. The fraction of sp³-hybridized carbons (Fsp3) is 0.316. The van der Waals surface area contributed by atoms with Gasteiger partial charge in [0.2, 0.25) is 0 Å². The highest BCUT2D eigenvalue weighted by Gasteiger charge is 2.26. The van der Waals surface area contributed by atoms with Crippen LogP contribution in [0.25, 0.3) is 11.0 Å². The van der Waals surface area contributed by atoms with Gasteiger partial charge in [-0.05, 0) is 43.5 Å². The number of aromatic nitrogens is 2. The number of ether oxygens (including phenoxy) is 1. The van der Waals surface area contributed by atoms with E-state index in [1.165, 1.54) is 28.2 Å². The first-order valence-corrected chi connectivity index (χ1v) is 10.5. The zero-order valence-electron chi connectivity index (χ0n) is 15.0. The van der Waals surface area contributed by atoms with Crippen molar-refractivity contribution >= 4 is 26.7 Å². The van der Waals surface area contributed by atoms with Gasteiger partial charge in [-0.25, -0.2) is 17.4 Å². The summed E-state index contributed by atoms with van der Waals surface area (Å²) in [4.78, 5) is 14.8. The minimum atomic E-state index is -3.95. The number of nitro benzene ring substituents is 1. The van der Waals surface area contributed by atoms with Crippen LogP contribution in [0.2, 0.25) is 0 Å². The van der Waals surface area contributed by atoms with Gasteiger partial charge in [-0.1, -0.05) is 12.1 Å². The van der Waals surface area contributed by atoms with Crippen LogP contribution < -0.4 is 0 Å². The molecule has 0 aliphatic carbocycles. The summed E-state index contributed by atoms with van der Waals surface area (Å²) >= 11 is 0. The standard InChI is InChI=1S/C19H19N3O5S/c23-22(24)14-7-10-16(11-8-14)28(25,26)21-18-6-2-1-5-17(18)20-19(21)12-9-15-4-3-13-27-15/h1-2,5-8,10-11,15H,3-4,9,12-13H2. The SMILES string of the molecule is O=[N+]([O-])c1ccc(S(=O)(=O)n2c(CCC3CCCO3)nc3ccccc32)cc1. The van der Waals surface area contributed by atoms with E-state index < -0.39 is 14.9 Å². The first-order chi connectivity index (χ1) is 13.5. The Kier molecular flexibility index (Phi) is 4.86. The summed E-state index contributed by atoms with van der Waals surface area (Å²) in [6.07, 6.45) is 3.26. The van der Waals surface area contributed by atoms with E-state index in [9.17, 15) is 18.5 Å². The molecule has 9 heteroatoms. The molecule has 0 bridgehead atoms. The van der Waals surface area contributed by atoms with Crippen molar-refractivity contribution in [3.8, 4) is 0 Å². The zero-order valence-corrected chi connectivity index (χ0v) is 15.8. The van der Waals surface area contributed by atoms with Crippen LogP contribution in [0.5, 0.6) is 0 Å². The second-order valence-electron chi connectivity index (χ2n) is 6.71. The van der Waals surface area contributed by atoms with E-state index in [4.69, 9.17) is 4.74 Å². The number of para-hydroxylation sites is 2. The molecule has 1 aliphatic heterocycles. The molecule has 1 atom stereocenters. The van der Waals surface area contributed by atoms with Crippen molar-refractivity contribution in [1.82, 2.24) is 8.96 Å². The fourth-order valence-corrected chi connectivity index (χ4v) is 5.00. The molecular weight excluding hydrogens is 382 g/mol. The summed E-state index contributed by atoms with van der Waals surface area (Å²) in [6, 6.07) is 11.9. The minimum Gasteiger partial charge on any atom is -0.378 e. The van der Waals surface area contributed by atoms with Gasteiger partial charge >= 0.3 is 0 Å². The predicted octanol–water partition coefficient (Wildman–Crippen LogP) is 3.29. The van der Waals surface area contributed by atoms with E-state index in [1.807, 2.05) is 6.07 Å². The Hall–Kier alpha value is -2.78. The molecule has 0 saturated carbocycles. The van der Waals surface area contributed by atoms with Crippen molar-refractivity contribution in [3.05, 3.63) is 64.5 Å². The molecule has 1 saturated heterocycles. The average molecular weight is 401 g/mol.